The highest BCUT2D eigenvalue weighted by molar-refractivity contribution is 14.0. The molecule has 4 nitrogen and oxygen atoms in total. The summed E-state index contributed by atoms with van der Waals surface area (Å²) in [4.78, 5) is 6.36. The van der Waals surface area contributed by atoms with Gasteiger partial charge in [0.05, 0.1) is 11.1 Å². The van der Waals surface area contributed by atoms with Gasteiger partial charge in [0.15, 0.2) is 5.96 Å². The molecule has 1 aliphatic rings. The molecule has 0 aromatic heterocycles. The van der Waals surface area contributed by atoms with Gasteiger partial charge < -0.3 is 15.0 Å². The maximum atomic E-state index is 13.5. The van der Waals surface area contributed by atoms with Crippen LogP contribution >= 0.6 is 39.9 Å². The molecule has 0 radical (unpaired) electrons. The van der Waals surface area contributed by atoms with Gasteiger partial charge in [-0.25, -0.2) is 4.39 Å². The number of nitrogens with one attached hydrogen (secondary N) is 1. The summed E-state index contributed by atoms with van der Waals surface area (Å²) in [5.41, 5.74) is 0.884. The normalized spacial score (nSPS) is 18.0. The van der Waals surface area contributed by atoms with Crippen molar-refractivity contribution in [3.8, 4) is 0 Å². The lowest BCUT2D eigenvalue weighted by molar-refractivity contribution is 0.181. The second-order valence-electron chi connectivity index (χ2n) is 5.26. The number of rotatable bonds is 4. The predicted molar refractivity (Wildman–Crippen MR) is 101 cm³/mol. The van der Waals surface area contributed by atoms with E-state index in [0.29, 0.717) is 16.9 Å². The molecule has 1 aliphatic heterocycles. The Morgan fingerprint density at radius 1 is 1.55 bits per heavy atom. The van der Waals surface area contributed by atoms with E-state index in [1.807, 2.05) is 13.1 Å². The van der Waals surface area contributed by atoms with Crippen molar-refractivity contribution >= 4 is 45.9 Å². The van der Waals surface area contributed by atoms with Crippen molar-refractivity contribution in [2.45, 2.75) is 13.0 Å². The van der Waals surface area contributed by atoms with Gasteiger partial charge in [-0.1, -0.05) is 6.07 Å². The van der Waals surface area contributed by atoms with Crippen LogP contribution in [0.15, 0.2) is 27.7 Å². The third kappa shape index (κ3) is 5.66. The molecule has 1 fully saturated rings. The van der Waals surface area contributed by atoms with E-state index in [2.05, 4.69) is 31.1 Å². The molecular formula is C15H22BrFIN3O. The second kappa shape index (κ2) is 9.67. The van der Waals surface area contributed by atoms with E-state index < -0.39 is 0 Å². The lowest BCUT2D eigenvalue weighted by Gasteiger charge is -2.24. The number of hydrogen-bond acceptors (Lipinski definition) is 2. The van der Waals surface area contributed by atoms with Gasteiger partial charge in [-0.2, -0.15) is 0 Å². The average Bonchev–Trinajstić information content (AvgIpc) is 2.96. The van der Waals surface area contributed by atoms with Crippen molar-refractivity contribution in [2.24, 2.45) is 10.9 Å². The van der Waals surface area contributed by atoms with Crippen LogP contribution < -0.4 is 5.32 Å². The van der Waals surface area contributed by atoms with E-state index in [4.69, 9.17) is 4.74 Å². The van der Waals surface area contributed by atoms with Gasteiger partial charge in [0.1, 0.15) is 5.82 Å². The minimum Gasteiger partial charge on any atom is -0.381 e. The summed E-state index contributed by atoms with van der Waals surface area (Å²) < 4.78 is 19.4. The number of guanidine groups is 1. The lowest BCUT2D eigenvalue weighted by Crippen LogP contribution is -2.41. The SMILES string of the molecule is CN=C(NCc1ccc(Br)c(F)c1)N(C)CC1CCOC1.I. The number of nitrogens with zero attached hydrogens (tertiary/aromatic N) is 2. The minimum atomic E-state index is -0.249. The highest BCUT2D eigenvalue weighted by Crippen LogP contribution is 2.16. The summed E-state index contributed by atoms with van der Waals surface area (Å²) in [6, 6.07) is 5.13. The average molecular weight is 486 g/mol. The summed E-state index contributed by atoms with van der Waals surface area (Å²) in [6.07, 6.45) is 1.10. The molecule has 1 aromatic rings. The van der Waals surface area contributed by atoms with E-state index in [9.17, 15) is 4.39 Å². The number of ether oxygens (including phenoxy) is 1. The van der Waals surface area contributed by atoms with Crippen LogP contribution in [0.1, 0.15) is 12.0 Å². The Kier molecular flexibility index (Phi) is 8.63. The molecule has 1 atom stereocenters. The van der Waals surface area contributed by atoms with Gasteiger partial charge in [0.2, 0.25) is 0 Å². The zero-order valence-electron chi connectivity index (χ0n) is 12.8. The molecule has 0 aliphatic carbocycles. The van der Waals surface area contributed by atoms with Crippen LogP contribution in [0.5, 0.6) is 0 Å². The van der Waals surface area contributed by atoms with E-state index in [1.165, 1.54) is 6.07 Å². The molecule has 1 unspecified atom stereocenters. The summed E-state index contributed by atoms with van der Waals surface area (Å²) in [7, 11) is 3.77. The number of halogens is 3. The Bertz CT molecular complexity index is 510. The molecule has 7 heteroatoms. The van der Waals surface area contributed by atoms with Crippen molar-refractivity contribution in [3.63, 3.8) is 0 Å². The molecule has 0 saturated carbocycles. The Hall–Kier alpha value is -0.410. The second-order valence-corrected chi connectivity index (χ2v) is 6.11. The predicted octanol–water partition coefficient (Wildman–Crippen LogP) is 3.25. The smallest absolute Gasteiger partial charge is 0.193 e. The summed E-state index contributed by atoms with van der Waals surface area (Å²) in [5, 5.41) is 3.26. The first-order chi connectivity index (χ1) is 10.1. The molecule has 22 heavy (non-hydrogen) atoms. The molecule has 0 spiro atoms. The fourth-order valence-electron chi connectivity index (χ4n) is 2.42. The monoisotopic (exact) mass is 485 g/mol. The molecule has 1 saturated heterocycles. The third-order valence-corrected chi connectivity index (χ3v) is 4.21. The Morgan fingerprint density at radius 2 is 2.32 bits per heavy atom. The molecule has 124 valence electrons. The van der Waals surface area contributed by atoms with Gasteiger partial charge in [0.25, 0.3) is 0 Å². The zero-order valence-corrected chi connectivity index (χ0v) is 16.7. The standard InChI is InChI=1S/C15H21BrFN3O.HI/c1-18-15(20(2)9-12-5-6-21-10-12)19-8-11-3-4-13(16)14(17)7-11;/h3-4,7,12H,5-6,8-10H2,1-2H3,(H,18,19);1H. The molecule has 0 amide bonds. The fourth-order valence-corrected chi connectivity index (χ4v) is 2.66. The maximum Gasteiger partial charge on any atom is 0.193 e. The van der Waals surface area contributed by atoms with Crippen LogP contribution in [0.25, 0.3) is 0 Å². The topological polar surface area (TPSA) is 36.9 Å². The number of aliphatic imine (C=N–C) groups is 1. The van der Waals surface area contributed by atoms with Crippen LogP contribution in [-0.2, 0) is 11.3 Å². The highest BCUT2D eigenvalue weighted by Gasteiger charge is 2.19. The third-order valence-electron chi connectivity index (χ3n) is 3.56. The summed E-state index contributed by atoms with van der Waals surface area (Å²) >= 11 is 3.16. The first-order valence-electron chi connectivity index (χ1n) is 7.03. The van der Waals surface area contributed by atoms with Crippen molar-refractivity contribution < 1.29 is 9.13 Å². The van der Waals surface area contributed by atoms with Gasteiger partial charge in [-0.15, -0.1) is 24.0 Å². The highest BCUT2D eigenvalue weighted by atomic mass is 127. The summed E-state index contributed by atoms with van der Waals surface area (Å²) in [6.45, 7) is 3.12. The molecule has 2 rings (SSSR count). The molecule has 1 aromatic carbocycles. The molecule has 1 N–H and O–H groups in total. The van der Waals surface area contributed by atoms with Gasteiger partial charge >= 0.3 is 0 Å². The molecule has 0 bridgehead atoms. The Labute approximate surface area is 156 Å². The first kappa shape index (κ1) is 19.6. The summed E-state index contributed by atoms with van der Waals surface area (Å²) in [5.74, 6) is 1.12. The van der Waals surface area contributed by atoms with Gasteiger partial charge in [-0.05, 0) is 40.0 Å². The van der Waals surface area contributed by atoms with Crippen molar-refractivity contribution in [1.82, 2.24) is 10.2 Å². The van der Waals surface area contributed by atoms with Crippen molar-refractivity contribution in [1.29, 1.82) is 0 Å². The van der Waals surface area contributed by atoms with Gasteiger partial charge in [0, 0.05) is 39.7 Å². The fraction of sp³-hybridized carbons (Fsp3) is 0.533. The Morgan fingerprint density at radius 3 is 2.91 bits per heavy atom. The zero-order chi connectivity index (χ0) is 15.2. The van der Waals surface area contributed by atoms with Crippen LogP contribution in [0.3, 0.4) is 0 Å². The van der Waals surface area contributed by atoms with Gasteiger partial charge in [-0.3, -0.25) is 4.99 Å². The molecular weight excluding hydrogens is 464 g/mol. The van der Waals surface area contributed by atoms with E-state index in [0.717, 1.165) is 37.7 Å². The first-order valence-corrected chi connectivity index (χ1v) is 7.83. The Balaban J connectivity index is 0.00000242. The van der Waals surface area contributed by atoms with E-state index in [-0.39, 0.29) is 29.8 Å². The van der Waals surface area contributed by atoms with Crippen molar-refractivity contribution in [3.05, 3.63) is 34.1 Å². The lowest BCUT2D eigenvalue weighted by atomic mass is 10.1. The largest absolute Gasteiger partial charge is 0.381 e. The molecule has 1 heterocycles. The van der Waals surface area contributed by atoms with E-state index >= 15 is 0 Å². The van der Waals surface area contributed by atoms with Crippen LogP contribution in [0.4, 0.5) is 4.39 Å². The van der Waals surface area contributed by atoms with Crippen LogP contribution in [0, 0.1) is 11.7 Å². The quantitative estimate of drug-likeness (QED) is 0.404. The minimum absolute atomic E-state index is 0. The van der Waals surface area contributed by atoms with Crippen LogP contribution in [0.2, 0.25) is 0 Å². The van der Waals surface area contributed by atoms with Crippen LogP contribution in [-0.4, -0.2) is 44.7 Å². The number of hydrogen-bond donors (Lipinski definition) is 1. The number of benzene rings is 1. The van der Waals surface area contributed by atoms with Crippen molar-refractivity contribution in [2.75, 3.05) is 33.9 Å². The van der Waals surface area contributed by atoms with E-state index in [1.54, 1.807) is 13.1 Å². The maximum absolute atomic E-state index is 13.5.